The monoisotopic (exact) mass is 224 g/mol. The molecule has 2 heteroatoms. The minimum Gasteiger partial charge on any atom is -0.392 e. The molecule has 2 rings (SSSR count). The Bertz CT molecular complexity index is 229. The van der Waals surface area contributed by atoms with Crippen molar-refractivity contribution < 1.29 is 5.11 Å². The number of hydrogen-bond donors (Lipinski definition) is 1. The van der Waals surface area contributed by atoms with Gasteiger partial charge in [0.15, 0.2) is 0 Å². The molecule has 0 aliphatic heterocycles. The Morgan fingerprint density at radius 2 is 1.73 bits per heavy atom. The average Bonchev–Trinajstić information content (AvgIpc) is 2.80. The van der Waals surface area contributed by atoms with Crippen LogP contribution in [0.5, 0.6) is 0 Å². The van der Waals surface area contributed by atoms with E-state index < -0.39 is 0 Å². The fraction of sp³-hybridized carbons (Fsp3) is 0.692. The molecule has 0 aromatic carbocycles. The second kappa shape index (κ2) is 5.82. The van der Waals surface area contributed by atoms with Crippen molar-refractivity contribution in [2.24, 2.45) is 5.92 Å². The second-order valence-electron chi connectivity index (χ2n) is 4.64. The molecule has 0 aromatic heterocycles. The number of aliphatic hydroxyl groups is 1. The Balaban J connectivity index is 1.85. The molecule has 1 nitrogen and oxygen atoms in total. The molecule has 1 unspecified atom stereocenters. The van der Waals surface area contributed by atoms with Gasteiger partial charge in [-0.15, -0.1) is 0 Å². The van der Waals surface area contributed by atoms with Gasteiger partial charge in [-0.25, -0.2) is 0 Å². The first kappa shape index (κ1) is 11.4. The molecule has 15 heavy (non-hydrogen) atoms. The summed E-state index contributed by atoms with van der Waals surface area (Å²) in [6, 6.07) is 0. The Kier molecular flexibility index (Phi) is 4.41. The molecule has 0 radical (unpaired) electrons. The van der Waals surface area contributed by atoms with E-state index in [0.29, 0.717) is 12.3 Å². The molecule has 0 amide bonds. The lowest BCUT2D eigenvalue weighted by molar-refractivity contribution is 0.365. The van der Waals surface area contributed by atoms with Crippen LogP contribution < -0.4 is 0 Å². The van der Waals surface area contributed by atoms with Crippen LogP contribution in [0.2, 0.25) is 0 Å². The zero-order chi connectivity index (χ0) is 10.5. The van der Waals surface area contributed by atoms with Gasteiger partial charge in [-0.3, -0.25) is 0 Å². The maximum Gasteiger partial charge on any atom is 0.0627 e. The molecule has 84 valence electrons. The van der Waals surface area contributed by atoms with Crippen LogP contribution in [-0.2, 0) is 0 Å². The quantitative estimate of drug-likeness (QED) is 0.725. The normalized spacial score (nSPS) is 24.9. The first-order chi connectivity index (χ1) is 7.40. The highest BCUT2D eigenvalue weighted by molar-refractivity contribution is 7.58. The van der Waals surface area contributed by atoms with Gasteiger partial charge < -0.3 is 5.11 Å². The summed E-state index contributed by atoms with van der Waals surface area (Å²) in [7, 11) is -0.135. The Morgan fingerprint density at radius 1 is 1.07 bits per heavy atom. The average molecular weight is 224 g/mol. The number of rotatable bonds is 4. The molecule has 1 saturated carbocycles. The molecule has 0 saturated heterocycles. The summed E-state index contributed by atoms with van der Waals surface area (Å²) < 4.78 is 0. The fourth-order valence-electron chi connectivity index (χ4n) is 2.64. The van der Waals surface area contributed by atoms with Gasteiger partial charge in [0.2, 0.25) is 0 Å². The molecule has 1 N–H and O–H groups in total. The van der Waals surface area contributed by atoms with Gasteiger partial charge in [-0.05, 0) is 30.6 Å². The summed E-state index contributed by atoms with van der Waals surface area (Å²) in [5.74, 6) is 0.616. The molecule has 0 heterocycles. The van der Waals surface area contributed by atoms with Crippen LogP contribution in [0.15, 0.2) is 24.3 Å². The van der Waals surface area contributed by atoms with Gasteiger partial charge in [0.1, 0.15) is 0 Å². The smallest absolute Gasteiger partial charge is 0.0627 e. The van der Waals surface area contributed by atoms with Crippen molar-refractivity contribution in [3.63, 3.8) is 0 Å². The van der Waals surface area contributed by atoms with E-state index in [1.54, 1.807) is 0 Å². The predicted octanol–water partition coefficient (Wildman–Crippen LogP) is 3.49. The van der Waals surface area contributed by atoms with Crippen LogP contribution in [0.3, 0.4) is 0 Å². The zero-order valence-electron chi connectivity index (χ0n) is 9.31. The van der Waals surface area contributed by atoms with E-state index in [-0.39, 0.29) is 7.92 Å². The minimum atomic E-state index is -0.135. The van der Waals surface area contributed by atoms with Gasteiger partial charge >= 0.3 is 0 Å². The summed E-state index contributed by atoms with van der Waals surface area (Å²) in [6.45, 7) is 0. The van der Waals surface area contributed by atoms with E-state index in [9.17, 15) is 5.11 Å². The molecule has 0 aromatic rings. The minimum absolute atomic E-state index is 0.135. The van der Waals surface area contributed by atoms with Crippen LogP contribution in [0.4, 0.5) is 0 Å². The van der Waals surface area contributed by atoms with Crippen LogP contribution in [-0.4, -0.2) is 23.3 Å². The number of aliphatic hydroxyl groups excluding tert-OH is 1. The van der Waals surface area contributed by atoms with Crippen LogP contribution in [0.1, 0.15) is 32.1 Å². The molecule has 1 atom stereocenters. The maximum absolute atomic E-state index is 9.52. The molecule has 2 aliphatic rings. The van der Waals surface area contributed by atoms with Gasteiger partial charge in [0, 0.05) is 0 Å². The summed E-state index contributed by atoms with van der Waals surface area (Å²) >= 11 is 0. The van der Waals surface area contributed by atoms with E-state index in [1.165, 1.54) is 38.3 Å². The predicted molar refractivity (Wildman–Crippen MR) is 67.5 cm³/mol. The summed E-state index contributed by atoms with van der Waals surface area (Å²) in [6.07, 6.45) is 17.4. The standard InChI is InChI=1S/C13H21OP/c14-11-15(10-12-6-4-5-7-12)13-8-2-1-3-9-13/h4-7,12-14H,1-3,8-11H2. The highest BCUT2D eigenvalue weighted by Gasteiger charge is 2.24. The van der Waals surface area contributed by atoms with Crippen LogP contribution >= 0.6 is 7.92 Å². The molecule has 0 bridgehead atoms. The van der Waals surface area contributed by atoms with Crippen molar-refractivity contribution in [3.05, 3.63) is 24.3 Å². The third-order valence-electron chi connectivity index (χ3n) is 3.55. The third-order valence-corrected chi connectivity index (χ3v) is 6.35. The largest absolute Gasteiger partial charge is 0.392 e. The summed E-state index contributed by atoms with van der Waals surface area (Å²) in [5, 5.41) is 9.52. The molecule has 0 spiro atoms. The number of allylic oxidation sites excluding steroid dienone is 4. The van der Waals surface area contributed by atoms with Gasteiger partial charge in [0.05, 0.1) is 6.35 Å². The Hall–Kier alpha value is -0.130. The maximum atomic E-state index is 9.52. The van der Waals surface area contributed by atoms with Crippen LogP contribution in [0, 0.1) is 5.92 Å². The van der Waals surface area contributed by atoms with Gasteiger partial charge in [-0.1, -0.05) is 51.5 Å². The first-order valence-electron chi connectivity index (χ1n) is 6.10. The summed E-state index contributed by atoms with van der Waals surface area (Å²) in [4.78, 5) is 0. The molecule has 1 fully saturated rings. The van der Waals surface area contributed by atoms with E-state index in [2.05, 4.69) is 24.3 Å². The highest BCUT2D eigenvalue weighted by Crippen LogP contribution is 2.48. The summed E-state index contributed by atoms with van der Waals surface area (Å²) in [5.41, 5.74) is 0.848. The lowest BCUT2D eigenvalue weighted by atomic mass is 10.0. The first-order valence-corrected chi connectivity index (χ1v) is 7.88. The Morgan fingerprint density at radius 3 is 2.33 bits per heavy atom. The van der Waals surface area contributed by atoms with Crippen molar-refractivity contribution in [3.8, 4) is 0 Å². The van der Waals surface area contributed by atoms with E-state index in [4.69, 9.17) is 0 Å². The van der Waals surface area contributed by atoms with Crippen molar-refractivity contribution >= 4 is 7.92 Å². The topological polar surface area (TPSA) is 20.2 Å². The van der Waals surface area contributed by atoms with Gasteiger partial charge in [0.25, 0.3) is 0 Å². The van der Waals surface area contributed by atoms with Crippen molar-refractivity contribution in [1.82, 2.24) is 0 Å². The SMILES string of the molecule is OCP(CC1C=CC=C1)C1CCCCC1. The highest BCUT2D eigenvalue weighted by atomic mass is 31.1. The fourth-order valence-corrected chi connectivity index (χ4v) is 5.16. The van der Waals surface area contributed by atoms with Crippen molar-refractivity contribution in [2.45, 2.75) is 37.8 Å². The van der Waals surface area contributed by atoms with Gasteiger partial charge in [-0.2, -0.15) is 0 Å². The van der Waals surface area contributed by atoms with Crippen LogP contribution in [0.25, 0.3) is 0 Å². The third kappa shape index (κ3) is 3.16. The second-order valence-corrected chi connectivity index (χ2v) is 7.19. The van der Waals surface area contributed by atoms with E-state index >= 15 is 0 Å². The Labute approximate surface area is 94.0 Å². The van der Waals surface area contributed by atoms with Crippen molar-refractivity contribution in [2.75, 3.05) is 12.5 Å². The molecular formula is C13H21OP. The van der Waals surface area contributed by atoms with Crippen molar-refractivity contribution in [1.29, 1.82) is 0 Å². The molecular weight excluding hydrogens is 203 g/mol. The van der Waals surface area contributed by atoms with E-state index in [0.717, 1.165) is 5.66 Å². The number of hydrogen-bond acceptors (Lipinski definition) is 1. The lowest BCUT2D eigenvalue weighted by Gasteiger charge is -2.30. The zero-order valence-corrected chi connectivity index (χ0v) is 10.2. The molecule has 2 aliphatic carbocycles. The van der Waals surface area contributed by atoms with E-state index in [1.807, 2.05) is 0 Å². The lowest BCUT2D eigenvalue weighted by Crippen LogP contribution is -2.15.